The van der Waals surface area contributed by atoms with Gasteiger partial charge in [0.15, 0.2) is 0 Å². The number of hydrogen-bond donors (Lipinski definition) is 1. The second-order valence-corrected chi connectivity index (χ2v) is 8.58. The summed E-state index contributed by atoms with van der Waals surface area (Å²) >= 11 is 0. The van der Waals surface area contributed by atoms with Gasteiger partial charge in [0.25, 0.3) is 0 Å². The van der Waals surface area contributed by atoms with E-state index < -0.39 is 11.6 Å². The first-order valence-electron chi connectivity index (χ1n) is 9.56. The molecular formula is C18H27NO5. The first kappa shape index (κ1) is 15.4. The number of carbonyl (C=O) groups excluding carboxylic acids is 1. The van der Waals surface area contributed by atoms with Crippen LogP contribution in [0, 0.1) is 23.7 Å². The van der Waals surface area contributed by atoms with E-state index in [2.05, 4.69) is 5.32 Å². The highest BCUT2D eigenvalue weighted by Gasteiger charge is 2.67. The molecule has 2 spiro atoms. The molecule has 134 valence electrons. The summed E-state index contributed by atoms with van der Waals surface area (Å²) in [6, 6.07) is 0. The zero-order chi connectivity index (χ0) is 16.4. The average molecular weight is 337 g/mol. The molecule has 2 atom stereocenters. The minimum atomic E-state index is -0.730. The van der Waals surface area contributed by atoms with Gasteiger partial charge in [-0.2, -0.15) is 9.78 Å². The molecule has 24 heavy (non-hydrogen) atoms. The van der Waals surface area contributed by atoms with Gasteiger partial charge in [0.05, 0.1) is 0 Å². The van der Waals surface area contributed by atoms with Gasteiger partial charge in [-0.05, 0) is 56.8 Å². The van der Waals surface area contributed by atoms with Gasteiger partial charge in [-0.1, -0.05) is 0 Å². The molecule has 0 aromatic rings. The number of hydrogen-bond acceptors (Lipinski definition) is 5. The second kappa shape index (κ2) is 5.32. The molecule has 0 aromatic heterocycles. The van der Waals surface area contributed by atoms with Crippen molar-refractivity contribution in [2.24, 2.45) is 23.7 Å². The monoisotopic (exact) mass is 337 g/mol. The van der Waals surface area contributed by atoms with E-state index in [1.54, 1.807) is 7.05 Å². The van der Waals surface area contributed by atoms with Gasteiger partial charge in [0, 0.05) is 31.7 Å². The Labute approximate surface area is 142 Å². The van der Waals surface area contributed by atoms with Gasteiger partial charge >= 0.3 is 6.09 Å². The number of ether oxygens (including phenoxy) is 2. The van der Waals surface area contributed by atoms with Crippen LogP contribution in [-0.4, -0.2) is 30.8 Å². The quantitative estimate of drug-likeness (QED) is 0.745. The zero-order valence-corrected chi connectivity index (χ0v) is 14.3. The van der Waals surface area contributed by atoms with Crippen LogP contribution in [0.1, 0.15) is 57.8 Å². The number of alkyl carbamates (subject to hydrolysis) is 1. The Hall–Kier alpha value is -0.850. The van der Waals surface area contributed by atoms with E-state index in [0.29, 0.717) is 18.3 Å². The summed E-state index contributed by atoms with van der Waals surface area (Å²) in [6.07, 6.45) is 8.84. The third-order valence-electron chi connectivity index (χ3n) is 7.05. The highest BCUT2D eigenvalue weighted by atomic mass is 17.3. The van der Waals surface area contributed by atoms with E-state index >= 15 is 0 Å². The topological polar surface area (TPSA) is 66.0 Å². The molecule has 0 aromatic carbocycles. The molecule has 5 saturated carbocycles. The molecule has 1 N–H and O–H groups in total. The maximum Gasteiger partial charge on any atom is 0.407 e. The minimum Gasteiger partial charge on any atom is -0.446 e. The summed E-state index contributed by atoms with van der Waals surface area (Å²) in [6.45, 7) is 0. The molecule has 0 radical (unpaired) electrons. The molecule has 6 nitrogen and oxygen atoms in total. The van der Waals surface area contributed by atoms with Gasteiger partial charge in [-0.3, -0.25) is 0 Å². The highest BCUT2D eigenvalue weighted by Crippen LogP contribution is 2.63. The molecule has 1 heterocycles. The van der Waals surface area contributed by atoms with Crippen molar-refractivity contribution >= 4 is 6.09 Å². The molecule has 5 aliphatic carbocycles. The highest BCUT2D eigenvalue weighted by molar-refractivity contribution is 5.66. The SMILES string of the molecule is CNC(=O)OC1CCCC2(C1)OOC1(O2)C2CC3CC(C2)CC1C3. The Morgan fingerprint density at radius 3 is 2.46 bits per heavy atom. The third kappa shape index (κ3) is 2.22. The van der Waals surface area contributed by atoms with Crippen molar-refractivity contribution in [3.63, 3.8) is 0 Å². The summed E-state index contributed by atoms with van der Waals surface area (Å²) in [7, 11) is 1.58. The van der Waals surface area contributed by atoms with Gasteiger partial charge < -0.3 is 14.8 Å². The lowest BCUT2D eigenvalue weighted by Crippen LogP contribution is -2.59. The fraction of sp³-hybridized carbons (Fsp3) is 0.944. The largest absolute Gasteiger partial charge is 0.446 e. The maximum absolute atomic E-state index is 11.5. The van der Waals surface area contributed by atoms with Gasteiger partial charge in [0.1, 0.15) is 6.10 Å². The van der Waals surface area contributed by atoms with Crippen LogP contribution in [0.15, 0.2) is 0 Å². The van der Waals surface area contributed by atoms with E-state index in [9.17, 15) is 4.79 Å². The minimum absolute atomic E-state index is 0.172. The van der Waals surface area contributed by atoms with Crippen molar-refractivity contribution in [1.29, 1.82) is 0 Å². The fourth-order valence-corrected chi connectivity index (χ4v) is 6.24. The Balaban J connectivity index is 1.34. The van der Waals surface area contributed by atoms with E-state index in [4.69, 9.17) is 19.2 Å². The molecule has 1 amide bonds. The first-order chi connectivity index (χ1) is 11.6. The van der Waals surface area contributed by atoms with Crippen molar-refractivity contribution < 1.29 is 24.0 Å². The lowest BCUT2D eigenvalue weighted by molar-refractivity contribution is -0.390. The Morgan fingerprint density at radius 1 is 1.08 bits per heavy atom. The van der Waals surface area contributed by atoms with Crippen LogP contribution in [0.3, 0.4) is 0 Å². The summed E-state index contributed by atoms with van der Waals surface area (Å²) < 4.78 is 12.1. The smallest absolute Gasteiger partial charge is 0.407 e. The maximum atomic E-state index is 11.5. The van der Waals surface area contributed by atoms with Crippen LogP contribution in [0.4, 0.5) is 4.79 Å². The summed E-state index contributed by atoms with van der Waals surface area (Å²) in [5, 5.41) is 2.52. The predicted molar refractivity (Wildman–Crippen MR) is 83.6 cm³/mol. The molecule has 6 rings (SSSR count). The lowest BCUT2D eigenvalue weighted by Gasteiger charge is -2.57. The molecule has 4 bridgehead atoms. The average Bonchev–Trinajstić information content (AvgIpc) is 2.92. The number of amides is 1. The van der Waals surface area contributed by atoms with Crippen molar-refractivity contribution in [3.05, 3.63) is 0 Å². The number of carbonyl (C=O) groups is 1. The van der Waals surface area contributed by atoms with E-state index in [1.165, 1.54) is 32.1 Å². The standard InChI is InChI=1S/C18H27NO5/c1-19-16(20)21-15-3-2-4-17(10-15)22-18(24-23-17)13-6-11-5-12(8-13)9-14(18)7-11/h11-15H,2-10H2,1H3,(H,19,20). The second-order valence-electron chi connectivity index (χ2n) is 8.58. The molecule has 6 aliphatic rings. The normalized spacial score (nSPS) is 52.1. The van der Waals surface area contributed by atoms with Crippen molar-refractivity contribution in [3.8, 4) is 0 Å². The van der Waals surface area contributed by atoms with Crippen LogP contribution in [0.2, 0.25) is 0 Å². The Morgan fingerprint density at radius 2 is 1.79 bits per heavy atom. The van der Waals surface area contributed by atoms with E-state index in [-0.39, 0.29) is 12.2 Å². The lowest BCUT2D eigenvalue weighted by atomic mass is 9.53. The van der Waals surface area contributed by atoms with Gasteiger partial charge in [0.2, 0.25) is 11.6 Å². The molecule has 2 unspecified atom stereocenters. The van der Waals surface area contributed by atoms with Gasteiger partial charge in [-0.15, -0.1) is 0 Å². The summed E-state index contributed by atoms with van der Waals surface area (Å²) in [4.78, 5) is 23.4. The predicted octanol–water partition coefficient (Wildman–Crippen LogP) is 3.11. The molecular weight excluding hydrogens is 310 g/mol. The fourth-order valence-electron chi connectivity index (χ4n) is 6.24. The molecule has 6 heteroatoms. The zero-order valence-electron chi connectivity index (χ0n) is 14.3. The van der Waals surface area contributed by atoms with Crippen LogP contribution >= 0.6 is 0 Å². The number of rotatable bonds is 1. The van der Waals surface area contributed by atoms with Crippen LogP contribution in [0.25, 0.3) is 0 Å². The Kier molecular flexibility index (Phi) is 3.42. The molecule has 1 aliphatic heterocycles. The third-order valence-corrected chi connectivity index (χ3v) is 7.05. The van der Waals surface area contributed by atoms with Crippen molar-refractivity contribution in [2.75, 3.05) is 7.05 Å². The summed E-state index contributed by atoms with van der Waals surface area (Å²) in [5.41, 5.74) is 0. The van der Waals surface area contributed by atoms with Crippen LogP contribution in [0.5, 0.6) is 0 Å². The van der Waals surface area contributed by atoms with Crippen LogP contribution in [-0.2, 0) is 19.2 Å². The van der Waals surface area contributed by atoms with Gasteiger partial charge in [-0.25, -0.2) is 4.79 Å². The van der Waals surface area contributed by atoms with E-state index in [1.807, 2.05) is 0 Å². The number of nitrogens with one attached hydrogen (secondary N) is 1. The van der Waals surface area contributed by atoms with Crippen molar-refractivity contribution in [1.82, 2.24) is 5.32 Å². The molecule has 1 saturated heterocycles. The van der Waals surface area contributed by atoms with Crippen LogP contribution < -0.4 is 5.32 Å². The summed E-state index contributed by atoms with van der Waals surface area (Å²) in [5.74, 6) is 1.38. The van der Waals surface area contributed by atoms with E-state index in [0.717, 1.165) is 31.1 Å². The Bertz CT molecular complexity index is 510. The van der Waals surface area contributed by atoms with Crippen molar-refractivity contribution in [2.45, 2.75) is 75.5 Å². The first-order valence-corrected chi connectivity index (χ1v) is 9.56. The molecule has 6 fully saturated rings.